The molecule has 5 nitrogen and oxygen atoms in total. The fraction of sp³-hybridized carbons (Fsp3) is 0.857. The molecule has 1 aliphatic carbocycles. The maximum Gasteiger partial charge on any atom is 0.159 e. The van der Waals surface area contributed by atoms with E-state index in [-0.39, 0.29) is 16.9 Å². The van der Waals surface area contributed by atoms with E-state index in [1.54, 1.807) is 0 Å². The Hall–Kier alpha value is -0.750. The Bertz CT molecular complexity index is 584. The number of hydrogen-bond acceptors (Lipinski definition) is 5. The second-order valence-electron chi connectivity index (χ2n) is 9.82. The van der Waals surface area contributed by atoms with Crippen molar-refractivity contribution in [3.8, 4) is 0 Å². The zero-order valence-electron chi connectivity index (χ0n) is 15.9. The van der Waals surface area contributed by atoms with Gasteiger partial charge < -0.3 is 18.9 Å². The highest BCUT2D eigenvalue weighted by Crippen LogP contribution is 2.55. The van der Waals surface area contributed by atoms with Gasteiger partial charge in [-0.3, -0.25) is 4.79 Å². The maximum absolute atomic E-state index is 13.1. The molecule has 144 valence electrons. The van der Waals surface area contributed by atoms with Gasteiger partial charge >= 0.3 is 0 Å². The van der Waals surface area contributed by atoms with Crippen molar-refractivity contribution in [1.29, 1.82) is 0 Å². The fourth-order valence-corrected chi connectivity index (χ4v) is 5.00. The summed E-state index contributed by atoms with van der Waals surface area (Å²) < 4.78 is 22.4. The van der Waals surface area contributed by atoms with Gasteiger partial charge in [-0.05, 0) is 42.1 Å². The number of ether oxygens (including phenoxy) is 4. The van der Waals surface area contributed by atoms with E-state index in [1.807, 2.05) is 0 Å². The van der Waals surface area contributed by atoms with Crippen LogP contribution in [-0.2, 0) is 23.7 Å². The van der Waals surface area contributed by atoms with Crippen LogP contribution in [0.15, 0.2) is 11.1 Å². The lowest BCUT2D eigenvalue weighted by Gasteiger charge is -2.43. The van der Waals surface area contributed by atoms with Gasteiger partial charge in [0, 0.05) is 12.8 Å². The van der Waals surface area contributed by atoms with E-state index in [1.165, 1.54) is 5.57 Å². The molecule has 4 fully saturated rings. The van der Waals surface area contributed by atoms with Crippen LogP contribution in [-0.4, -0.2) is 56.6 Å². The molecular weight excluding hydrogens is 332 g/mol. The summed E-state index contributed by atoms with van der Waals surface area (Å²) in [5.74, 6) is 0.335. The molecule has 26 heavy (non-hydrogen) atoms. The van der Waals surface area contributed by atoms with Crippen LogP contribution in [0.3, 0.4) is 0 Å². The molecule has 0 amide bonds. The Labute approximate surface area is 155 Å². The van der Waals surface area contributed by atoms with E-state index in [2.05, 4.69) is 13.8 Å². The molecule has 0 radical (unpaired) electrons. The average Bonchev–Trinajstić information content (AvgIpc) is 3.41. The number of epoxide rings is 4. The van der Waals surface area contributed by atoms with Crippen molar-refractivity contribution in [3.05, 3.63) is 11.1 Å². The van der Waals surface area contributed by atoms with E-state index in [0.29, 0.717) is 30.5 Å². The van der Waals surface area contributed by atoms with E-state index in [0.717, 1.165) is 64.1 Å². The minimum absolute atomic E-state index is 0.0186. The normalized spacial score (nSPS) is 39.5. The second-order valence-corrected chi connectivity index (χ2v) is 9.82. The number of Topliss-reactive ketones (excluding diaryl/α,β-unsaturated/α-hetero) is 1. The zero-order chi connectivity index (χ0) is 17.9. The Morgan fingerprint density at radius 1 is 0.846 bits per heavy atom. The molecule has 4 heterocycles. The highest BCUT2D eigenvalue weighted by molar-refractivity contribution is 5.98. The summed E-state index contributed by atoms with van der Waals surface area (Å²) in [4.78, 5) is 13.1. The lowest BCUT2D eigenvalue weighted by molar-refractivity contribution is -0.118. The lowest BCUT2D eigenvalue weighted by Crippen LogP contribution is -2.37. The summed E-state index contributed by atoms with van der Waals surface area (Å²) in [6.45, 7) is 7.81. The molecule has 0 aromatic heterocycles. The molecule has 5 heteroatoms. The number of carbonyl (C=O) groups is 1. The smallest absolute Gasteiger partial charge is 0.159 e. The Balaban J connectivity index is 1.55. The van der Waals surface area contributed by atoms with Crippen molar-refractivity contribution < 1.29 is 23.7 Å². The molecule has 5 aliphatic rings. The van der Waals surface area contributed by atoms with Crippen molar-refractivity contribution in [3.63, 3.8) is 0 Å². The summed E-state index contributed by atoms with van der Waals surface area (Å²) in [5.41, 5.74) is 2.44. The van der Waals surface area contributed by atoms with Gasteiger partial charge in [0.05, 0.1) is 50.8 Å². The van der Waals surface area contributed by atoms with E-state index < -0.39 is 0 Å². The van der Waals surface area contributed by atoms with E-state index >= 15 is 0 Å². The Morgan fingerprint density at radius 2 is 1.31 bits per heavy atom. The van der Waals surface area contributed by atoms with Crippen molar-refractivity contribution >= 4 is 5.78 Å². The third-order valence-electron chi connectivity index (χ3n) is 6.53. The number of rotatable bonds is 9. The van der Waals surface area contributed by atoms with Crippen LogP contribution in [0.1, 0.15) is 52.4 Å². The number of ketones is 1. The molecule has 0 spiro atoms. The third kappa shape index (κ3) is 3.91. The number of carbonyl (C=O) groups excluding carboxylic acids is 1. The highest BCUT2D eigenvalue weighted by Gasteiger charge is 2.51. The fourth-order valence-electron chi connectivity index (χ4n) is 5.00. The standard InChI is InChI=1S/C21H30O5/c1-20(2)7-18(17(19(22)8-20)3-13-9-23-13)21(4-14-10-24-14,5-15-11-25-15)6-16-12-26-16/h13-16H,3-12H2,1-2H3. The van der Waals surface area contributed by atoms with E-state index in [9.17, 15) is 4.79 Å². The van der Waals surface area contributed by atoms with Crippen LogP contribution in [0, 0.1) is 10.8 Å². The molecular formula is C21H30O5. The molecule has 0 N–H and O–H groups in total. The van der Waals surface area contributed by atoms with Crippen LogP contribution in [0.2, 0.25) is 0 Å². The summed E-state index contributed by atoms with van der Waals surface area (Å²) in [6, 6.07) is 0. The van der Waals surface area contributed by atoms with Crippen LogP contribution in [0.4, 0.5) is 0 Å². The summed E-state index contributed by atoms with van der Waals surface area (Å²) in [5, 5.41) is 0. The molecule has 4 atom stereocenters. The Kier molecular flexibility index (Phi) is 4.09. The summed E-state index contributed by atoms with van der Waals surface area (Å²) in [7, 11) is 0. The maximum atomic E-state index is 13.1. The first kappa shape index (κ1) is 17.4. The molecule has 5 rings (SSSR count). The molecule has 4 aliphatic heterocycles. The molecule has 0 bridgehead atoms. The molecule has 0 aromatic rings. The quantitative estimate of drug-likeness (QED) is 0.590. The highest BCUT2D eigenvalue weighted by atomic mass is 16.6. The molecule has 0 aromatic carbocycles. The van der Waals surface area contributed by atoms with Crippen LogP contribution in [0.25, 0.3) is 0 Å². The molecule has 4 saturated heterocycles. The SMILES string of the molecule is CC1(C)CC(=O)C(CC2CO2)=C(C(CC2CO2)(CC2CO2)CC2CO2)C1. The number of allylic oxidation sites excluding steroid dienone is 1. The van der Waals surface area contributed by atoms with Crippen LogP contribution in [0.5, 0.6) is 0 Å². The lowest BCUT2D eigenvalue weighted by atomic mass is 9.60. The predicted molar refractivity (Wildman–Crippen MR) is 94.9 cm³/mol. The predicted octanol–water partition coefficient (Wildman–Crippen LogP) is 2.81. The first-order chi connectivity index (χ1) is 12.4. The largest absolute Gasteiger partial charge is 0.373 e. The first-order valence-electron chi connectivity index (χ1n) is 10.1. The van der Waals surface area contributed by atoms with Crippen molar-refractivity contribution in [2.24, 2.45) is 10.8 Å². The van der Waals surface area contributed by atoms with Crippen molar-refractivity contribution in [2.75, 3.05) is 26.4 Å². The monoisotopic (exact) mass is 362 g/mol. The topological polar surface area (TPSA) is 67.2 Å². The van der Waals surface area contributed by atoms with E-state index in [4.69, 9.17) is 18.9 Å². The van der Waals surface area contributed by atoms with Gasteiger partial charge in [0.15, 0.2) is 5.78 Å². The van der Waals surface area contributed by atoms with Crippen LogP contribution < -0.4 is 0 Å². The molecule has 4 unspecified atom stereocenters. The second kappa shape index (κ2) is 6.13. The van der Waals surface area contributed by atoms with Gasteiger partial charge in [-0.15, -0.1) is 0 Å². The summed E-state index contributed by atoms with van der Waals surface area (Å²) >= 11 is 0. The zero-order valence-corrected chi connectivity index (χ0v) is 15.9. The first-order valence-corrected chi connectivity index (χ1v) is 10.1. The van der Waals surface area contributed by atoms with Gasteiger partial charge in [0.2, 0.25) is 0 Å². The number of hydrogen-bond donors (Lipinski definition) is 0. The minimum atomic E-state index is -0.0267. The van der Waals surface area contributed by atoms with Crippen molar-refractivity contribution in [2.45, 2.75) is 76.8 Å². The summed E-state index contributed by atoms with van der Waals surface area (Å²) in [6.07, 6.45) is 6.67. The van der Waals surface area contributed by atoms with Gasteiger partial charge in [0.25, 0.3) is 0 Å². The van der Waals surface area contributed by atoms with Gasteiger partial charge in [-0.25, -0.2) is 0 Å². The third-order valence-corrected chi connectivity index (χ3v) is 6.53. The average molecular weight is 362 g/mol. The van der Waals surface area contributed by atoms with Gasteiger partial charge in [-0.2, -0.15) is 0 Å². The van der Waals surface area contributed by atoms with Crippen LogP contribution >= 0.6 is 0 Å². The van der Waals surface area contributed by atoms with Gasteiger partial charge in [-0.1, -0.05) is 19.4 Å². The molecule has 0 saturated carbocycles. The minimum Gasteiger partial charge on any atom is -0.373 e. The Morgan fingerprint density at radius 3 is 1.73 bits per heavy atom. The van der Waals surface area contributed by atoms with Gasteiger partial charge in [0.1, 0.15) is 0 Å². The van der Waals surface area contributed by atoms with Crippen molar-refractivity contribution in [1.82, 2.24) is 0 Å².